The summed E-state index contributed by atoms with van der Waals surface area (Å²) in [5.74, 6) is -1.81. The molecule has 0 radical (unpaired) electrons. The molecule has 2 aromatic carbocycles. The fraction of sp³-hybridized carbons (Fsp3) is 0.100. The van der Waals surface area contributed by atoms with Crippen molar-refractivity contribution in [3.05, 3.63) is 65.9 Å². The summed E-state index contributed by atoms with van der Waals surface area (Å²) in [6.07, 6.45) is 1.13. The standard InChI is InChI=1S/C20H18N4O4/c1-13(25)24(16-9-7-15(22)8-10-16)12-14(11-21)19(26)23-18-6-4-3-5-17(18)20(27)28-2/h3-10,12H,22H2,1-2H3,(H,23,26)/b14-12-. The van der Waals surface area contributed by atoms with Crippen LogP contribution >= 0.6 is 0 Å². The van der Waals surface area contributed by atoms with Crippen LogP contribution < -0.4 is 16.0 Å². The smallest absolute Gasteiger partial charge is 0.339 e. The van der Waals surface area contributed by atoms with Crippen molar-refractivity contribution in [2.45, 2.75) is 6.92 Å². The summed E-state index contributed by atoms with van der Waals surface area (Å²) in [5, 5.41) is 11.9. The lowest BCUT2D eigenvalue weighted by molar-refractivity contribution is -0.116. The predicted molar refractivity (Wildman–Crippen MR) is 104 cm³/mol. The zero-order chi connectivity index (χ0) is 20.7. The van der Waals surface area contributed by atoms with Crippen LogP contribution in [0.3, 0.4) is 0 Å². The van der Waals surface area contributed by atoms with Crippen LogP contribution in [-0.2, 0) is 14.3 Å². The molecule has 0 bridgehead atoms. The van der Waals surface area contributed by atoms with Gasteiger partial charge in [-0.15, -0.1) is 0 Å². The number of anilines is 3. The molecular weight excluding hydrogens is 360 g/mol. The van der Waals surface area contributed by atoms with E-state index in [1.807, 2.05) is 0 Å². The number of nitrogen functional groups attached to an aromatic ring is 1. The van der Waals surface area contributed by atoms with Gasteiger partial charge in [0, 0.05) is 24.5 Å². The third-order valence-electron chi connectivity index (χ3n) is 3.71. The Labute approximate surface area is 161 Å². The van der Waals surface area contributed by atoms with Crippen molar-refractivity contribution in [2.75, 3.05) is 23.1 Å². The second kappa shape index (κ2) is 9.00. The maximum Gasteiger partial charge on any atom is 0.339 e. The summed E-state index contributed by atoms with van der Waals surface area (Å²) in [6.45, 7) is 1.30. The molecule has 0 saturated carbocycles. The number of hydrogen-bond donors (Lipinski definition) is 2. The van der Waals surface area contributed by atoms with Crippen LogP contribution in [0.1, 0.15) is 17.3 Å². The number of carbonyl (C=O) groups is 3. The molecule has 0 unspecified atom stereocenters. The number of nitrogens with zero attached hydrogens (tertiary/aromatic N) is 2. The first kappa shape index (κ1) is 20.2. The number of rotatable bonds is 5. The molecule has 0 aromatic heterocycles. The molecule has 0 heterocycles. The lowest BCUT2D eigenvalue weighted by atomic mass is 10.1. The van der Waals surface area contributed by atoms with Gasteiger partial charge in [-0.25, -0.2) is 4.79 Å². The average molecular weight is 378 g/mol. The predicted octanol–water partition coefficient (Wildman–Crippen LogP) is 2.45. The number of ether oxygens (including phenoxy) is 1. The fourth-order valence-electron chi connectivity index (χ4n) is 2.32. The SMILES string of the molecule is COC(=O)c1ccccc1NC(=O)/C(C#N)=C\N(C(C)=O)c1ccc(N)cc1. The van der Waals surface area contributed by atoms with Crippen molar-refractivity contribution in [3.63, 3.8) is 0 Å². The minimum atomic E-state index is -0.777. The van der Waals surface area contributed by atoms with Gasteiger partial charge in [0.1, 0.15) is 11.6 Å². The minimum absolute atomic E-state index is 0.137. The molecule has 2 aromatic rings. The van der Waals surface area contributed by atoms with E-state index in [0.717, 1.165) is 11.1 Å². The second-order valence-corrected chi connectivity index (χ2v) is 5.63. The molecular formula is C20H18N4O4. The van der Waals surface area contributed by atoms with Crippen molar-refractivity contribution in [1.82, 2.24) is 0 Å². The normalized spacial score (nSPS) is 10.5. The number of para-hydroxylation sites is 1. The molecule has 142 valence electrons. The highest BCUT2D eigenvalue weighted by molar-refractivity contribution is 6.10. The molecule has 0 atom stereocenters. The van der Waals surface area contributed by atoms with Crippen molar-refractivity contribution < 1.29 is 19.1 Å². The topological polar surface area (TPSA) is 126 Å². The van der Waals surface area contributed by atoms with Gasteiger partial charge in [0.05, 0.1) is 18.4 Å². The number of nitrogens with one attached hydrogen (secondary N) is 1. The third kappa shape index (κ3) is 4.74. The van der Waals surface area contributed by atoms with Gasteiger partial charge in [0.15, 0.2) is 0 Å². The van der Waals surface area contributed by atoms with Crippen LogP contribution in [0, 0.1) is 11.3 Å². The molecule has 3 N–H and O–H groups in total. The van der Waals surface area contributed by atoms with Gasteiger partial charge in [0.2, 0.25) is 5.91 Å². The summed E-state index contributed by atoms with van der Waals surface area (Å²) in [4.78, 5) is 37.5. The van der Waals surface area contributed by atoms with Crippen molar-refractivity contribution in [2.24, 2.45) is 0 Å². The number of hydrogen-bond acceptors (Lipinski definition) is 6. The van der Waals surface area contributed by atoms with Gasteiger partial charge in [0.25, 0.3) is 5.91 Å². The van der Waals surface area contributed by atoms with Gasteiger partial charge in [-0.3, -0.25) is 14.5 Å². The number of nitrogens with two attached hydrogens (primary N) is 1. The zero-order valence-electron chi connectivity index (χ0n) is 15.3. The molecule has 28 heavy (non-hydrogen) atoms. The number of methoxy groups -OCH3 is 1. The summed E-state index contributed by atoms with van der Waals surface area (Å²) in [6, 6.07) is 14.3. The van der Waals surface area contributed by atoms with Crippen LogP contribution in [0.15, 0.2) is 60.3 Å². The highest BCUT2D eigenvalue weighted by Crippen LogP contribution is 2.20. The maximum absolute atomic E-state index is 12.5. The number of nitriles is 1. The Kier molecular flexibility index (Phi) is 6.49. The van der Waals surface area contributed by atoms with Gasteiger partial charge in [-0.1, -0.05) is 12.1 Å². The summed E-state index contributed by atoms with van der Waals surface area (Å²) >= 11 is 0. The van der Waals surface area contributed by atoms with Crippen molar-refractivity contribution >= 4 is 34.8 Å². The molecule has 2 rings (SSSR count). The molecule has 0 spiro atoms. The Morgan fingerprint density at radius 1 is 1.14 bits per heavy atom. The number of amides is 2. The largest absolute Gasteiger partial charge is 0.465 e. The highest BCUT2D eigenvalue weighted by atomic mass is 16.5. The third-order valence-corrected chi connectivity index (χ3v) is 3.71. The fourth-order valence-corrected chi connectivity index (χ4v) is 2.32. The zero-order valence-corrected chi connectivity index (χ0v) is 15.3. The summed E-state index contributed by atoms with van der Waals surface area (Å²) in [5.41, 5.74) is 6.58. The lowest BCUT2D eigenvalue weighted by Crippen LogP contribution is -2.25. The molecule has 0 saturated heterocycles. The first-order valence-corrected chi connectivity index (χ1v) is 8.13. The summed E-state index contributed by atoms with van der Waals surface area (Å²) < 4.78 is 4.68. The Morgan fingerprint density at radius 3 is 2.36 bits per heavy atom. The van der Waals surface area contributed by atoms with Crippen LogP contribution in [-0.4, -0.2) is 24.9 Å². The van der Waals surface area contributed by atoms with Gasteiger partial charge < -0.3 is 15.8 Å². The monoisotopic (exact) mass is 378 g/mol. The van der Waals surface area contributed by atoms with E-state index in [1.54, 1.807) is 42.5 Å². The quantitative estimate of drug-likeness (QED) is 0.356. The lowest BCUT2D eigenvalue weighted by Gasteiger charge is -2.17. The second-order valence-electron chi connectivity index (χ2n) is 5.63. The highest BCUT2D eigenvalue weighted by Gasteiger charge is 2.18. The Hall–Kier alpha value is -4.12. The Bertz CT molecular complexity index is 974. The van der Waals surface area contributed by atoms with Crippen molar-refractivity contribution in [3.8, 4) is 6.07 Å². The first-order chi connectivity index (χ1) is 13.4. The van der Waals surface area contributed by atoms with E-state index in [0.29, 0.717) is 11.4 Å². The van der Waals surface area contributed by atoms with Crippen LogP contribution in [0.5, 0.6) is 0 Å². The number of esters is 1. The number of carbonyl (C=O) groups excluding carboxylic acids is 3. The van der Waals surface area contributed by atoms with E-state index in [1.165, 1.54) is 26.2 Å². The average Bonchev–Trinajstić information content (AvgIpc) is 2.69. The first-order valence-electron chi connectivity index (χ1n) is 8.13. The van der Waals surface area contributed by atoms with E-state index >= 15 is 0 Å². The minimum Gasteiger partial charge on any atom is -0.465 e. The molecule has 8 nitrogen and oxygen atoms in total. The van der Waals surface area contributed by atoms with E-state index in [2.05, 4.69) is 10.1 Å². The maximum atomic E-state index is 12.5. The van der Waals surface area contributed by atoms with Crippen LogP contribution in [0.4, 0.5) is 17.1 Å². The molecule has 0 aliphatic heterocycles. The Balaban J connectivity index is 2.34. The molecule has 0 aliphatic carbocycles. The molecule has 8 heteroatoms. The number of benzene rings is 2. The van der Waals surface area contributed by atoms with E-state index in [-0.39, 0.29) is 16.8 Å². The van der Waals surface area contributed by atoms with E-state index < -0.39 is 17.8 Å². The van der Waals surface area contributed by atoms with Gasteiger partial charge in [-0.2, -0.15) is 5.26 Å². The molecule has 2 amide bonds. The summed E-state index contributed by atoms with van der Waals surface area (Å²) in [7, 11) is 1.22. The van der Waals surface area contributed by atoms with Crippen molar-refractivity contribution in [1.29, 1.82) is 5.26 Å². The van der Waals surface area contributed by atoms with Gasteiger partial charge >= 0.3 is 5.97 Å². The van der Waals surface area contributed by atoms with E-state index in [4.69, 9.17) is 5.73 Å². The molecule has 0 fully saturated rings. The molecule has 0 aliphatic rings. The van der Waals surface area contributed by atoms with E-state index in [9.17, 15) is 19.6 Å². The van der Waals surface area contributed by atoms with Crippen LogP contribution in [0.2, 0.25) is 0 Å². The van der Waals surface area contributed by atoms with Gasteiger partial charge in [-0.05, 0) is 36.4 Å². The Morgan fingerprint density at radius 2 is 1.79 bits per heavy atom. The van der Waals surface area contributed by atoms with Crippen LogP contribution in [0.25, 0.3) is 0 Å².